The van der Waals surface area contributed by atoms with Gasteiger partial charge in [-0.3, -0.25) is 0 Å². The second-order valence-electron chi connectivity index (χ2n) is 6.53. The van der Waals surface area contributed by atoms with Crippen LogP contribution in [0.5, 0.6) is 0 Å². The fourth-order valence-electron chi connectivity index (χ4n) is 3.30. The van der Waals surface area contributed by atoms with Crippen molar-refractivity contribution in [3.63, 3.8) is 0 Å². The van der Waals surface area contributed by atoms with E-state index >= 15 is 0 Å². The van der Waals surface area contributed by atoms with Gasteiger partial charge in [0.15, 0.2) is 5.96 Å². The van der Waals surface area contributed by atoms with Crippen molar-refractivity contribution in [3.8, 4) is 0 Å². The van der Waals surface area contributed by atoms with E-state index in [0.717, 1.165) is 36.7 Å². The molecule has 0 unspecified atom stereocenters. The summed E-state index contributed by atoms with van der Waals surface area (Å²) in [5.74, 6) is 1.34. The third kappa shape index (κ3) is 4.64. The molecule has 0 amide bonds. The van der Waals surface area contributed by atoms with Gasteiger partial charge in [0.25, 0.3) is 0 Å². The van der Waals surface area contributed by atoms with Crippen molar-refractivity contribution in [3.05, 3.63) is 59.8 Å². The Morgan fingerprint density at radius 2 is 2.04 bits per heavy atom. The zero-order valence-corrected chi connectivity index (χ0v) is 15.1. The second-order valence-corrected chi connectivity index (χ2v) is 6.53. The summed E-state index contributed by atoms with van der Waals surface area (Å²) >= 11 is 0. The molecule has 6 heteroatoms. The van der Waals surface area contributed by atoms with Gasteiger partial charge in [-0.05, 0) is 49.6 Å². The molecular formula is C20H26FN3O2. The Morgan fingerprint density at radius 1 is 1.19 bits per heavy atom. The Balaban J connectivity index is 1.74. The largest absolute Gasteiger partial charge is 0.467 e. The first kappa shape index (κ1) is 18.5. The minimum Gasteiger partial charge on any atom is -0.467 e. The topological polar surface area (TPSA) is 58.8 Å². The molecule has 0 bridgehead atoms. The van der Waals surface area contributed by atoms with E-state index in [1.54, 1.807) is 18.4 Å². The zero-order chi connectivity index (χ0) is 18.2. The van der Waals surface area contributed by atoms with Crippen LogP contribution in [0.15, 0.2) is 52.1 Å². The number of ether oxygens (including phenoxy) is 1. The van der Waals surface area contributed by atoms with Crippen molar-refractivity contribution in [1.82, 2.24) is 10.6 Å². The second kappa shape index (κ2) is 8.85. The molecule has 1 saturated heterocycles. The quantitative estimate of drug-likeness (QED) is 0.614. The Morgan fingerprint density at radius 3 is 2.73 bits per heavy atom. The van der Waals surface area contributed by atoms with Crippen LogP contribution in [0, 0.1) is 5.82 Å². The van der Waals surface area contributed by atoms with Crippen LogP contribution in [0.3, 0.4) is 0 Å². The molecule has 5 nitrogen and oxygen atoms in total. The highest BCUT2D eigenvalue weighted by Gasteiger charge is 2.34. The lowest BCUT2D eigenvalue weighted by molar-refractivity contribution is 0.0513. The lowest BCUT2D eigenvalue weighted by Crippen LogP contribution is -2.48. The number of hydrogen-bond acceptors (Lipinski definition) is 3. The van der Waals surface area contributed by atoms with Crippen LogP contribution < -0.4 is 10.6 Å². The summed E-state index contributed by atoms with van der Waals surface area (Å²) in [7, 11) is 0. The van der Waals surface area contributed by atoms with E-state index in [1.165, 1.54) is 6.07 Å². The van der Waals surface area contributed by atoms with E-state index in [1.807, 2.05) is 25.1 Å². The van der Waals surface area contributed by atoms with Crippen LogP contribution in [0.2, 0.25) is 0 Å². The van der Waals surface area contributed by atoms with E-state index in [0.29, 0.717) is 26.3 Å². The molecule has 2 N–H and O–H groups in total. The van der Waals surface area contributed by atoms with Gasteiger partial charge in [-0.1, -0.05) is 12.1 Å². The predicted octanol–water partition coefficient (Wildman–Crippen LogP) is 3.22. The number of halogens is 1. The summed E-state index contributed by atoms with van der Waals surface area (Å²) < 4.78 is 24.7. The highest BCUT2D eigenvalue weighted by molar-refractivity contribution is 5.79. The molecule has 1 aliphatic rings. The fraction of sp³-hybridized carbons (Fsp3) is 0.450. The highest BCUT2D eigenvalue weighted by Crippen LogP contribution is 2.34. The smallest absolute Gasteiger partial charge is 0.191 e. The van der Waals surface area contributed by atoms with Crippen LogP contribution >= 0.6 is 0 Å². The normalized spacial score (nSPS) is 17.1. The molecule has 0 spiro atoms. The van der Waals surface area contributed by atoms with Crippen molar-refractivity contribution < 1.29 is 13.5 Å². The molecule has 140 valence electrons. The van der Waals surface area contributed by atoms with Crippen molar-refractivity contribution in [2.45, 2.75) is 31.7 Å². The molecular weight excluding hydrogens is 333 g/mol. The average Bonchev–Trinajstić information content (AvgIpc) is 3.18. The SMILES string of the molecule is CCNC(=NCc1ccco1)NCC1(c2cccc(F)c2)CCOCC1. The maximum atomic E-state index is 13.8. The lowest BCUT2D eigenvalue weighted by atomic mass is 9.74. The highest BCUT2D eigenvalue weighted by atomic mass is 19.1. The van der Waals surface area contributed by atoms with Gasteiger partial charge in [0, 0.05) is 31.7 Å². The molecule has 26 heavy (non-hydrogen) atoms. The van der Waals surface area contributed by atoms with E-state index < -0.39 is 0 Å². The third-order valence-electron chi connectivity index (χ3n) is 4.80. The summed E-state index contributed by atoms with van der Waals surface area (Å²) in [6.45, 7) is 5.29. The summed E-state index contributed by atoms with van der Waals surface area (Å²) in [4.78, 5) is 4.58. The first-order chi connectivity index (χ1) is 12.7. The van der Waals surface area contributed by atoms with Gasteiger partial charge in [-0.15, -0.1) is 0 Å². The van der Waals surface area contributed by atoms with Crippen LogP contribution in [0.1, 0.15) is 31.1 Å². The standard InChI is InChI=1S/C20H26FN3O2/c1-2-22-19(23-14-18-7-4-10-26-18)24-15-20(8-11-25-12-9-20)16-5-3-6-17(21)13-16/h3-7,10,13H,2,8-9,11-12,14-15H2,1H3,(H2,22,23,24). The van der Waals surface area contributed by atoms with E-state index in [9.17, 15) is 4.39 Å². The van der Waals surface area contributed by atoms with Crippen LogP contribution in [-0.2, 0) is 16.7 Å². The molecule has 1 fully saturated rings. The molecule has 2 heterocycles. The monoisotopic (exact) mass is 359 g/mol. The lowest BCUT2D eigenvalue weighted by Gasteiger charge is -2.38. The van der Waals surface area contributed by atoms with Crippen molar-refractivity contribution in [1.29, 1.82) is 0 Å². The summed E-state index contributed by atoms with van der Waals surface area (Å²) in [6, 6.07) is 10.7. The average molecular weight is 359 g/mol. The summed E-state index contributed by atoms with van der Waals surface area (Å²) in [6.07, 6.45) is 3.34. The van der Waals surface area contributed by atoms with Gasteiger partial charge in [-0.25, -0.2) is 9.38 Å². The van der Waals surface area contributed by atoms with Gasteiger partial charge in [0.05, 0.1) is 6.26 Å². The maximum absolute atomic E-state index is 13.8. The number of nitrogens with one attached hydrogen (secondary N) is 2. The molecule has 0 saturated carbocycles. The summed E-state index contributed by atoms with van der Waals surface area (Å²) in [5, 5.41) is 6.69. The number of rotatable bonds is 6. The van der Waals surface area contributed by atoms with Gasteiger partial charge in [0.1, 0.15) is 18.1 Å². The Kier molecular flexibility index (Phi) is 6.28. The van der Waals surface area contributed by atoms with Crippen molar-refractivity contribution in [2.24, 2.45) is 4.99 Å². The van der Waals surface area contributed by atoms with Crippen LogP contribution in [-0.4, -0.2) is 32.3 Å². The Labute approximate surface area is 153 Å². The van der Waals surface area contributed by atoms with Gasteiger partial charge < -0.3 is 19.8 Å². The molecule has 1 aromatic heterocycles. The molecule has 0 atom stereocenters. The number of hydrogen-bond donors (Lipinski definition) is 2. The Bertz CT molecular complexity index is 710. The minimum absolute atomic E-state index is 0.165. The fourth-order valence-corrected chi connectivity index (χ4v) is 3.30. The third-order valence-corrected chi connectivity index (χ3v) is 4.80. The molecule has 1 aromatic carbocycles. The van der Waals surface area contributed by atoms with Crippen LogP contribution in [0.4, 0.5) is 4.39 Å². The van der Waals surface area contributed by atoms with Gasteiger partial charge >= 0.3 is 0 Å². The zero-order valence-electron chi connectivity index (χ0n) is 15.1. The van der Waals surface area contributed by atoms with Gasteiger partial charge in [-0.2, -0.15) is 0 Å². The number of nitrogens with zero attached hydrogens (tertiary/aromatic N) is 1. The minimum atomic E-state index is -0.202. The van der Waals surface area contributed by atoms with E-state index in [4.69, 9.17) is 9.15 Å². The Hall–Kier alpha value is -2.34. The number of benzene rings is 1. The number of aliphatic imine (C=N–C) groups is 1. The number of furan rings is 1. The maximum Gasteiger partial charge on any atom is 0.191 e. The first-order valence-corrected chi connectivity index (χ1v) is 9.10. The molecule has 1 aliphatic heterocycles. The van der Waals surface area contributed by atoms with Gasteiger partial charge in [0.2, 0.25) is 0 Å². The number of guanidine groups is 1. The van der Waals surface area contributed by atoms with Crippen molar-refractivity contribution in [2.75, 3.05) is 26.3 Å². The first-order valence-electron chi connectivity index (χ1n) is 9.10. The van der Waals surface area contributed by atoms with Crippen LogP contribution in [0.25, 0.3) is 0 Å². The van der Waals surface area contributed by atoms with Crippen molar-refractivity contribution >= 4 is 5.96 Å². The summed E-state index contributed by atoms with van der Waals surface area (Å²) in [5.41, 5.74) is 0.844. The molecule has 2 aromatic rings. The van der Waals surface area contributed by atoms with E-state index in [-0.39, 0.29) is 11.2 Å². The molecule has 3 rings (SSSR count). The molecule has 0 aliphatic carbocycles. The molecule has 0 radical (unpaired) electrons. The predicted molar refractivity (Wildman–Crippen MR) is 99.7 cm³/mol. The van der Waals surface area contributed by atoms with E-state index in [2.05, 4.69) is 15.6 Å².